The van der Waals surface area contributed by atoms with E-state index in [0.29, 0.717) is 17.9 Å². The van der Waals surface area contributed by atoms with E-state index in [1.165, 1.54) is 32.1 Å². The zero-order valence-electron chi connectivity index (χ0n) is 15.5. The minimum atomic E-state index is -1.71. The third kappa shape index (κ3) is 3.09. The summed E-state index contributed by atoms with van der Waals surface area (Å²) in [6.45, 7) is 18.4. The summed E-state index contributed by atoms with van der Waals surface area (Å²) in [6, 6.07) is 0. The average molecular weight is 325 g/mol. The van der Waals surface area contributed by atoms with Crippen LogP contribution in [-0.4, -0.2) is 26.1 Å². The van der Waals surface area contributed by atoms with Gasteiger partial charge in [-0.15, -0.1) is 0 Å². The van der Waals surface area contributed by atoms with Crippen molar-refractivity contribution in [2.45, 2.75) is 84.0 Å². The largest absolute Gasteiger partial charge is 0.414 e. The van der Waals surface area contributed by atoms with Gasteiger partial charge in [-0.2, -0.15) is 0 Å². The molecular formula is C19H36O2Si. The molecule has 0 heterocycles. The van der Waals surface area contributed by atoms with Gasteiger partial charge in [0.2, 0.25) is 0 Å². The number of aliphatic hydroxyl groups is 1. The highest BCUT2D eigenvalue weighted by atomic mass is 28.4. The molecule has 0 radical (unpaired) electrons. The average Bonchev–Trinajstić information content (AvgIpc) is 2.74. The smallest absolute Gasteiger partial charge is 0.192 e. The fourth-order valence-corrected chi connectivity index (χ4v) is 5.99. The highest BCUT2D eigenvalue weighted by molar-refractivity contribution is 6.74. The van der Waals surface area contributed by atoms with Crippen LogP contribution in [0.15, 0.2) is 12.2 Å². The van der Waals surface area contributed by atoms with Crippen molar-refractivity contribution in [3.8, 4) is 0 Å². The number of fused-ring (bicyclic) bond motifs is 1. The summed E-state index contributed by atoms with van der Waals surface area (Å²) in [6.07, 6.45) is 6.55. The first-order valence-corrected chi connectivity index (χ1v) is 11.9. The van der Waals surface area contributed by atoms with Crippen molar-refractivity contribution in [1.29, 1.82) is 0 Å². The first kappa shape index (κ1) is 18.2. The molecule has 2 aliphatic carbocycles. The zero-order chi connectivity index (χ0) is 16.8. The molecule has 0 aliphatic heterocycles. The van der Waals surface area contributed by atoms with Crippen LogP contribution in [0.2, 0.25) is 18.1 Å². The summed E-state index contributed by atoms with van der Waals surface area (Å²) in [5.41, 5.74) is 1.32. The second kappa shape index (κ2) is 6.07. The topological polar surface area (TPSA) is 29.5 Å². The molecule has 0 spiro atoms. The third-order valence-corrected chi connectivity index (χ3v) is 11.5. The molecule has 2 saturated carbocycles. The van der Waals surface area contributed by atoms with E-state index in [-0.39, 0.29) is 17.1 Å². The summed E-state index contributed by atoms with van der Waals surface area (Å²) >= 11 is 0. The maximum atomic E-state index is 9.54. The molecule has 2 aliphatic rings. The molecule has 3 heteroatoms. The van der Waals surface area contributed by atoms with Gasteiger partial charge in [0.1, 0.15) is 0 Å². The third-order valence-electron chi connectivity index (χ3n) is 7.01. The Hall–Kier alpha value is -0.123. The van der Waals surface area contributed by atoms with Gasteiger partial charge in [-0.1, -0.05) is 40.7 Å². The van der Waals surface area contributed by atoms with E-state index in [2.05, 4.69) is 47.4 Å². The summed E-state index contributed by atoms with van der Waals surface area (Å²) in [7, 11) is -1.71. The summed E-state index contributed by atoms with van der Waals surface area (Å²) in [5, 5.41) is 9.81. The van der Waals surface area contributed by atoms with Crippen molar-refractivity contribution in [2.24, 2.45) is 17.3 Å². The molecule has 1 N–H and O–H groups in total. The van der Waals surface area contributed by atoms with Gasteiger partial charge in [-0.3, -0.25) is 0 Å². The van der Waals surface area contributed by atoms with Gasteiger partial charge < -0.3 is 9.53 Å². The van der Waals surface area contributed by atoms with Crippen LogP contribution in [0.25, 0.3) is 0 Å². The number of hydrogen-bond donors (Lipinski definition) is 1. The van der Waals surface area contributed by atoms with Crippen molar-refractivity contribution in [1.82, 2.24) is 0 Å². The Morgan fingerprint density at radius 2 is 1.91 bits per heavy atom. The van der Waals surface area contributed by atoms with Crippen LogP contribution >= 0.6 is 0 Å². The molecule has 4 unspecified atom stereocenters. The Morgan fingerprint density at radius 1 is 1.27 bits per heavy atom. The van der Waals surface area contributed by atoms with E-state index < -0.39 is 8.32 Å². The molecular weight excluding hydrogens is 288 g/mol. The Kier molecular flexibility index (Phi) is 5.02. The Bertz CT molecular complexity index is 424. The van der Waals surface area contributed by atoms with Gasteiger partial charge in [0, 0.05) is 6.10 Å². The van der Waals surface area contributed by atoms with Crippen molar-refractivity contribution in [3.05, 3.63) is 12.2 Å². The standard InChI is InChI=1S/C19H36O2Si/c1-14(13-20)15-10-11-16-17(9-8-12-19(15,16)5)21-22(6,7)18(2,3)4/h15-17,20H,1,8-13H2,2-7H3. The predicted molar refractivity (Wildman–Crippen MR) is 96.5 cm³/mol. The molecule has 0 aromatic heterocycles. The molecule has 0 bridgehead atoms. The van der Waals surface area contributed by atoms with Gasteiger partial charge in [-0.25, -0.2) is 0 Å². The van der Waals surface area contributed by atoms with Crippen LogP contribution < -0.4 is 0 Å². The lowest BCUT2D eigenvalue weighted by Crippen LogP contribution is -2.50. The predicted octanol–water partition coefficient (Wildman–Crippen LogP) is 5.14. The second-order valence-corrected chi connectivity index (χ2v) is 14.1. The van der Waals surface area contributed by atoms with E-state index >= 15 is 0 Å². The van der Waals surface area contributed by atoms with Crippen molar-refractivity contribution in [2.75, 3.05) is 6.61 Å². The first-order chi connectivity index (χ1) is 10.0. The van der Waals surface area contributed by atoms with Crippen LogP contribution in [0.1, 0.15) is 59.8 Å². The van der Waals surface area contributed by atoms with Crippen LogP contribution in [0, 0.1) is 17.3 Å². The van der Waals surface area contributed by atoms with Crippen LogP contribution in [0.4, 0.5) is 0 Å². The quantitative estimate of drug-likeness (QED) is 0.573. The fraction of sp³-hybridized carbons (Fsp3) is 0.895. The lowest BCUT2D eigenvalue weighted by molar-refractivity contribution is -0.00474. The maximum Gasteiger partial charge on any atom is 0.192 e. The number of rotatable bonds is 4. The molecule has 22 heavy (non-hydrogen) atoms. The van der Waals surface area contributed by atoms with Gasteiger partial charge in [0.25, 0.3) is 0 Å². The molecule has 0 aromatic rings. The van der Waals surface area contributed by atoms with Crippen molar-refractivity contribution < 1.29 is 9.53 Å². The second-order valence-electron chi connectivity index (χ2n) is 9.37. The van der Waals surface area contributed by atoms with Gasteiger partial charge in [-0.05, 0) is 66.6 Å². The molecule has 2 rings (SSSR count). The molecule has 0 amide bonds. The van der Waals surface area contributed by atoms with Crippen LogP contribution in [0.3, 0.4) is 0 Å². The Morgan fingerprint density at radius 3 is 2.45 bits per heavy atom. The zero-order valence-corrected chi connectivity index (χ0v) is 16.5. The summed E-state index contributed by atoms with van der Waals surface area (Å²) in [5.74, 6) is 1.12. The normalized spacial score (nSPS) is 36.2. The number of aliphatic hydroxyl groups excluding tert-OH is 1. The molecule has 2 nitrogen and oxygen atoms in total. The Balaban J connectivity index is 2.18. The van der Waals surface area contributed by atoms with E-state index in [4.69, 9.17) is 4.43 Å². The minimum absolute atomic E-state index is 0.140. The van der Waals surface area contributed by atoms with Crippen LogP contribution in [-0.2, 0) is 4.43 Å². The highest BCUT2D eigenvalue weighted by Gasteiger charge is 2.53. The minimum Gasteiger partial charge on any atom is -0.414 e. The van der Waals surface area contributed by atoms with Crippen molar-refractivity contribution >= 4 is 8.32 Å². The Labute approximate surface area is 138 Å². The molecule has 4 atom stereocenters. The SMILES string of the molecule is C=C(CO)C1CCC2C(O[Si](C)(C)C(C)(C)C)CCCC12C. The van der Waals surface area contributed by atoms with Gasteiger partial charge in [0.05, 0.1) is 6.61 Å². The molecule has 0 saturated heterocycles. The number of hydrogen-bond acceptors (Lipinski definition) is 2. The summed E-state index contributed by atoms with van der Waals surface area (Å²) in [4.78, 5) is 0. The van der Waals surface area contributed by atoms with E-state index in [0.717, 1.165) is 5.57 Å². The van der Waals surface area contributed by atoms with E-state index in [1.54, 1.807) is 0 Å². The van der Waals surface area contributed by atoms with E-state index in [1.807, 2.05) is 0 Å². The lowest BCUT2D eigenvalue weighted by Gasteiger charge is -2.49. The van der Waals surface area contributed by atoms with Gasteiger partial charge >= 0.3 is 0 Å². The van der Waals surface area contributed by atoms with Gasteiger partial charge in [0.15, 0.2) is 8.32 Å². The van der Waals surface area contributed by atoms with Crippen molar-refractivity contribution in [3.63, 3.8) is 0 Å². The van der Waals surface area contributed by atoms with Crippen LogP contribution in [0.5, 0.6) is 0 Å². The summed E-state index contributed by atoms with van der Waals surface area (Å²) < 4.78 is 6.83. The molecule has 128 valence electrons. The lowest BCUT2D eigenvalue weighted by atomic mass is 9.63. The maximum absolute atomic E-state index is 9.54. The first-order valence-electron chi connectivity index (χ1n) is 8.99. The fourth-order valence-electron chi connectivity index (χ4n) is 4.60. The molecule has 0 aromatic carbocycles. The highest BCUT2D eigenvalue weighted by Crippen LogP contribution is 2.58. The monoisotopic (exact) mass is 324 g/mol. The molecule has 2 fully saturated rings. The van der Waals surface area contributed by atoms with E-state index in [9.17, 15) is 5.11 Å².